The van der Waals surface area contributed by atoms with Crippen LogP contribution in [0.25, 0.3) is 0 Å². The fourth-order valence-corrected chi connectivity index (χ4v) is 2.04. The molecule has 6 nitrogen and oxygen atoms in total. The lowest BCUT2D eigenvalue weighted by molar-refractivity contribution is -0.131. The Hall–Kier alpha value is -1.14. The number of imide groups is 1. The van der Waals surface area contributed by atoms with Crippen LogP contribution in [0.3, 0.4) is 0 Å². The van der Waals surface area contributed by atoms with Crippen molar-refractivity contribution in [3.05, 3.63) is 0 Å². The van der Waals surface area contributed by atoms with Crippen LogP contribution in [0.4, 0.5) is 4.79 Å². The van der Waals surface area contributed by atoms with Crippen molar-refractivity contribution >= 4 is 11.9 Å². The second kappa shape index (κ2) is 3.79. The van der Waals surface area contributed by atoms with Gasteiger partial charge in [0.1, 0.15) is 5.54 Å². The number of hydrogen-bond acceptors (Lipinski definition) is 4. The molecule has 6 heteroatoms. The summed E-state index contributed by atoms with van der Waals surface area (Å²) in [4.78, 5) is 24.8. The maximum atomic E-state index is 12.0. The lowest BCUT2D eigenvalue weighted by Crippen LogP contribution is -2.48. The first kappa shape index (κ1) is 10.4. The Morgan fingerprint density at radius 2 is 2.33 bits per heavy atom. The zero-order chi connectivity index (χ0) is 10.9. The number of rotatable bonds is 3. The monoisotopic (exact) mass is 213 g/mol. The van der Waals surface area contributed by atoms with E-state index in [1.807, 2.05) is 0 Å². The normalized spacial score (nSPS) is 30.3. The summed E-state index contributed by atoms with van der Waals surface area (Å²) in [5.74, 6) is -0.130. The predicted octanol–water partition coefficient (Wildman–Crippen LogP) is -1.08. The summed E-state index contributed by atoms with van der Waals surface area (Å²) in [6.45, 7) is 2.00. The average Bonchev–Trinajstić information content (AvgIpc) is 2.75. The highest BCUT2D eigenvalue weighted by molar-refractivity contribution is 6.07. The second-order valence-corrected chi connectivity index (χ2v) is 3.89. The van der Waals surface area contributed by atoms with E-state index in [1.54, 1.807) is 7.11 Å². The van der Waals surface area contributed by atoms with Gasteiger partial charge in [0.25, 0.3) is 5.91 Å². The molecular weight excluding hydrogens is 198 g/mol. The molecule has 2 rings (SSSR count). The Labute approximate surface area is 87.9 Å². The largest absolute Gasteiger partial charge is 0.383 e. The van der Waals surface area contributed by atoms with E-state index in [1.165, 1.54) is 4.90 Å². The molecule has 84 valence electrons. The maximum Gasteiger partial charge on any atom is 0.325 e. The Balaban J connectivity index is 2.08. The number of methoxy groups -OCH3 is 1. The highest BCUT2D eigenvalue weighted by Crippen LogP contribution is 2.23. The molecule has 0 aromatic heterocycles. The molecule has 2 heterocycles. The van der Waals surface area contributed by atoms with Gasteiger partial charge in [-0.05, 0) is 13.0 Å². The Kier molecular flexibility index (Phi) is 2.62. The third-order valence-corrected chi connectivity index (χ3v) is 2.92. The van der Waals surface area contributed by atoms with Gasteiger partial charge in [-0.2, -0.15) is 0 Å². The summed E-state index contributed by atoms with van der Waals surface area (Å²) in [5, 5.41) is 5.85. The number of nitrogens with one attached hydrogen (secondary N) is 2. The summed E-state index contributed by atoms with van der Waals surface area (Å²) in [5.41, 5.74) is -0.690. The topological polar surface area (TPSA) is 70.7 Å². The number of urea groups is 1. The van der Waals surface area contributed by atoms with Gasteiger partial charge in [0.2, 0.25) is 0 Å². The van der Waals surface area contributed by atoms with Gasteiger partial charge in [-0.25, -0.2) is 4.79 Å². The van der Waals surface area contributed by atoms with Crippen molar-refractivity contribution in [2.24, 2.45) is 0 Å². The smallest absolute Gasteiger partial charge is 0.325 e. The summed E-state index contributed by atoms with van der Waals surface area (Å²) < 4.78 is 4.86. The van der Waals surface area contributed by atoms with Crippen molar-refractivity contribution in [1.82, 2.24) is 15.5 Å². The van der Waals surface area contributed by atoms with Crippen LogP contribution in [0.15, 0.2) is 0 Å². The number of amides is 3. The highest BCUT2D eigenvalue weighted by Gasteiger charge is 2.52. The third kappa shape index (κ3) is 1.59. The second-order valence-electron chi connectivity index (χ2n) is 3.89. The van der Waals surface area contributed by atoms with Crippen LogP contribution in [0.1, 0.15) is 6.42 Å². The molecule has 0 aromatic carbocycles. The molecule has 1 atom stereocenters. The SMILES string of the molecule is COCCN1C(=O)NC2(CCNC2)C1=O. The molecule has 0 bridgehead atoms. The molecular formula is C9H15N3O3. The van der Waals surface area contributed by atoms with Crippen LogP contribution < -0.4 is 10.6 Å². The standard InChI is InChI=1S/C9H15N3O3/c1-15-5-4-12-7(13)9(11-8(12)14)2-3-10-6-9/h10H,2-6H2,1H3,(H,11,14). The summed E-state index contributed by atoms with van der Waals surface area (Å²) in [7, 11) is 1.55. The number of carbonyl (C=O) groups is 2. The van der Waals surface area contributed by atoms with Crippen molar-refractivity contribution in [2.45, 2.75) is 12.0 Å². The molecule has 2 N–H and O–H groups in total. The van der Waals surface area contributed by atoms with Crippen LogP contribution in [0.2, 0.25) is 0 Å². The molecule has 2 aliphatic heterocycles. The quantitative estimate of drug-likeness (QED) is 0.585. The molecule has 15 heavy (non-hydrogen) atoms. The van der Waals surface area contributed by atoms with Crippen molar-refractivity contribution < 1.29 is 14.3 Å². The first-order chi connectivity index (χ1) is 7.19. The summed E-state index contributed by atoms with van der Waals surface area (Å²) in [6.07, 6.45) is 0.668. The molecule has 2 aliphatic rings. The number of nitrogens with zero attached hydrogens (tertiary/aromatic N) is 1. The van der Waals surface area contributed by atoms with E-state index in [4.69, 9.17) is 4.74 Å². The van der Waals surface area contributed by atoms with Crippen LogP contribution in [0.5, 0.6) is 0 Å². The molecule has 0 aliphatic carbocycles. The van der Waals surface area contributed by atoms with Gasteiger partial charge >= 0.3 is 6.03 Å². The van der Waals surface area contributed by atoms with Gasteiger partial charge in [-0.15, -0.1) is 0 Å². The summed E-state index contributed by atoms with van der Waals surface area (Å²) in [6, 6.07) is -0.305. The van der Waals surface area contributed by atoms with Gasteiger partial charge in [0, 0.05) is 13.7 Å². The lowest BCUT2D eigenvalue weighted by Gasteiger charge is -2.18. The Morgan fingerprint density at radius 3 is 2.93 bits per heavy atom. The van der Waals surface area contributed by atoms with E-state index in [-0.39, 0.29) is 11.9 Å². The van der Waals surface area contributed by atoms with E-state index in [0.29, 0.717) is 26.1 Å². The van der Waals surface area contributed by atoms with E-state index in [9.17, 15) is 9.59 Å². The molecule has 0 saturated carbocycles. The van der Waals surface area contributed by atoms with E-state index >= 15 is 0 Å². The van der Waals surface area contributed by atoms with Crippen LogP contribution in [-0.4, -0.2) is 55.7 Å². The van der Waals surface area contributed by atoms with Gasteiger partial charge in [-0.1, -0.05) is 0 Å². The third-order valence-electron chi connectivity index (χ3n) is 2.92. The van der Waals surface area contributed by atoms with Crippen molar-refractivity contribution in [2.75, 3.05) is 33.4 Å². The molecule has 1 spiro atoms. The van der Waals surface area contributed by atoms with Crippen LogP contribution >= 0.6 is 0 Å². The van der Waals surface area contributed by atoms with Crippen molar-refractivity contribution in [1.29, 1.82) is 0 Å². The van der Waals surface area contributed by atoms with E-state index in [0.717, 1.165) is 6.54 Å². The van der Waals surface area contributed by atoms with Crippen molar-refractivity contribution in [3.63, 3.8) is 0 Å². The zero-order valence-corrected chi connectivity index (χ0v) is 8.71. The number of hydrogen-bond donors (Lipinski definition) is 2. The minimum Gasteiger partial charge on any atom is -0.383 e. The van der Waals surface area contributed by atoms with Crippen LogP contribution in [0, 0.1) is 0 Å². The zero-order valence-electron chi connectivity index (χ0n) is 8.71. The van der Waals surface area contributed by atoms with E-state index in [2.05, 4.69) is 10.6 Å². The van der Waals surface area contributed by atoms with Crippen LogP contribution in [-0.2, 0) is 9.53 Å². The van der Waals surface area contributed by atoms with Crippen molar-refractivity contribution in [3.8, 4) is 0 Å². The first-order valence-corrected chi connectivity index (χ1v) is 5.03. The molecule has 0 aromatic rings. The summed E-state index contributed by atoms with van der Waals surface area (Å²) >= 11 is 0. The molecule has 1 unspecified atom stereocenters. The Morgan fingerprint density at radius 1 is 1.53 bits per heavy atom. The highest BCUT2D eigenvalue weighted by atomic mass is 16.5. The van der Waals surface area contributed by atoms with Gasteiger partial charge in [0.15, 0.2) is 0 Å². The first-order valence-electron chi connectivity index (χ1n) is 5.03. The molecule has 3 amide bonds. The lowest BCUT2D eigenvalue weighted by atomic mass is 9.99. The fourth-order valence-electron chi connectivity index (χ4n) is 2.04. The fraction of sp³-hybridized carbons (Fsp3) is 0.778. The minimum absolute atomic E-state index is 0.130. The average molecular weight is 213 g/mol. The Bertz CT molecular complexity index is 286. The predicted molar refractivity (Wildman–Crippen MR) is 52.3 cm³/mol. The van der Waals surface area contributed by atoms with Gasteiger partial charge in [0.05, 0.1) is 13.2 Å². The molecule has 0 radical (unpaired) electrons. The molecule has 2 saturated heterocycles. The minimum atomic E-state index is -0.690. The number of carbonyl (C=O) groups excluding carboxylic acids is 2. The van der Waals surface area contributed by atoms with Gasteiger partial charge in [-0.3, -0.25) is 9.69 Å². The van der Waals surface area contributed by atoms with Gasteiger partial charge < -0.3 is 15.4 Å². The maximum absolute atomic E-state index is 12.0. The number of ether oxygens (including phenoxy) is 1. The molecule has 2 fully saturated rings. The van der Waals surface area contributed by atoms with E-state index < -0.39 is 5.54 Å².